The molecule has 10 heteroatoms. The first-order valence-electron chi connectivity index (χ1n) is 7.02. The molecule has 0 aliphatic carbocycles. The van der Waals surface area contributed by atoms with E-state index in [1.54, 1.807) is 25.3 Å². The van der Waals surface area contributed by atoms with Crippen molar-refractivity contribution in [1.29, 1.82) is 0 Å². The molecule has 2 aromatic rings. The maximum Gasteiger partial charge on any atom is 0.250 e. The van der Waals surface area contributed by atoms with Crippen LogP contribution in [0.5, 0.6) is 0 Å². The number of sulfonamides is 1. The summed E-state index contributed by atoms with van der Waals surface area (Å²) in [7, 11) is -3.72. The zero-order chi connectivity index (χ0) is 17.0. The van der Waals surface area contributed by atoms with E-state index < -0.39 is 22.0 Å². The quantitative estimate of drug-likeness (QED) is 0.773. The van der Waals surface area contributed by atoms with Crippen molar-refractivity contribution in [1.82, 2.24) is 14.9 Å². The van der Waals surface area contributed by atoms with E-state index in [0.29, 0.717) is 5.13 Å². The number of thiophene rings is 1. The standard InChI is InChI=1S/C13H18N4O3S3/c1-4-9-15-16-13(22-9)14-12(18)11(8(2)3)17-23(19,20)10-6-5-7-21-10/h5-8,11,17H,4H2,1-3H3,(H,14,16,18). The van der Waals surface area contributed by atoms with E-state index in [2.05, 4.69) is 20.2 Å². The molecule has 1 amide bonds. The molecule has 2 rings (SSSR count). The molecule has 7 nitrogen and oxygen atoms in total. The largest absolute Gasteiger partial charge is 0.299 e. The van der Waals surface area contributed by atoms with E-state index in [0.717, 1.165) is 22.8 Å². The van der Waals surface area contributed by atoms with Crippen molar-refractivity contribution in [2.24, 2.45) is 5.92 Å². The molecule has 1 atom stereocenters. The van der Waals surface area contributed by atoms with Gasteiger partial charge in [0.1, 0.15) is 15.3 Å². The molecule has 0 aromatic carbocycles. The lowest BCUT2D eigenvalue weighted by atomic mass is 10.1. The number of carbonyl (C=O) groups is 1. The number of hydrogen-bond acceptors (Lipinski definition) is 7. The lowest BCUT2D eigenvalue weighted by Gasteiger charge is -2.20. The second kappa shape index (κ2) is 7.47. The van der Waals surface area contributed by atoms with Gasteiger partial charge in [0, 0.05) is 0 Å². The Morgan fingerprint density at radius 1 is 1.35 bits per heavy atom. The Balaban J connectivity index is 2.13. The Morgan fingerprint density at radius 2 is 2.09 bits per heavy atom. The SMILES string of the molecule is CCc1nnc(NC(=O)C(NS(=O)(=O)c2cccs2)C(C)C)s1. The van der Waals surface area contributed by atoms with Gasteiger partial charge >= 0.3 is 0 Å². The van der Waals surface area contributed by atoms with Crippen LogP contribution in [0.4, 0.5) is 5.13 Å². The van der Waals surface area contributed by atoms with Gasteiger partial charge in [-0.1, -0.05) is 38.2 Å². The Labute approximate surface area is 143 Å². The summed E-state index contributed by atoms with van der Waals surface area (Å²) in [6.45, 7) is 5.50. The summed E-state index contributed by atoms with van der Waals surface area (Å²) in [5.74, 6) is -0.665. The number of aromatic nitrogens is 2. The zero-order valence-corrected chi connectivity index (χ0v) is 15.4. The third-order valence-electron chi connectivity index (χ3n) is 2.99. The Hall–Kier alpha value is -1.36. The van der Waals surface area contributed by atoms with Crippen LogP contribution in [0.15, 0.2) is 21.7 Å². The van der Waals surface area contributed by atoms with Crippen LogP contribution in [0.2, 0.25) is 0 Å². The van der Waals surface area contributed by atoms with E-state index in [1.165, 1.54) is 17.4 Å². The van der Waals surface area contributed by atoms with Crippen LogP contribution in [0.25, 0.3) is 0 Å². The Bertz CT molecular complexity index is 753. The summed E-state index contributed by atoms with van der Waals surface area (Å²) in [6.07, 6.45) is 0.728. The summed E-state index contributed by atoms with van der Waals surface area (Å²) in [5.41, 5.74) is 0. The summed E-state index contributed by atoms with van der Waals surface area (Å²) in [5, 5.41) is 13.3. The molecule has 0 spiro atoms. The molecule has 2 aromatic heterocycles. The maximum absolute atomic E-state index is 12.4. The van der Waals surface area contributed by atoms with Gasteiger partial charge in [-0.2, -0.15) is 4.72 Å². The van der Waals surface area contributed by atoms with Crippen LogP contribution in [0.1, 0.15) is 25.8 Å². The fourth-order valence-corrected chi connectivity index (χ4v) is 4.80. The molecule has 0 fully saturated rings. The molecule has 1 unspecified atom stereocenters. The van der Waals surface area contributed by atoms with Gasteiger partial charge in [-0.3, -0.25) is 10.1 Å². The average Bonchev–Trinajstić information content (AvgIpc) is 3.15. The monoisotopic (exact) mass is 374 g/mol. The summed E-state index contributed by atoms with van der Waals surface area (Å²) in [6, 6.07) is 2.26. The lowest BCUT2D eigenvalue weighted by molar-refractivity contribution is -0.118. The number of aryl methyl sites for hydroxylation is 1. The number of nitrogens with zero attached hydrogens (tertiary/aromatic N) is 2. The van der Waals surface area contributed by atoms with Crippen LogP contribution >= 0.6 is 22.7 Å². The normalized spacial score (nSPS) is 13.2. The first-order chi connectivity index (χ1) is 10.8. The lowest BCUT2D eigenvalue weighted by Crippen LogP contribution is -2.46. The molecule has 23 heavy (non-hydrogen) atoms. The van der Waals surface area contributed by atoms with E-state index in [9.17, 15) is 13.2 Å². The highest BCUT2D eigenvalue weighted by atomic mass is 32.2. The van der Waals surface area contributed by atoms with Crippen LogP contribution in [0.3, 0.4) is 0 Å². The predicted molar refractivity (Wildman–Crippen MR) is 91.2 cm³/mol. The summed E-state index contributed by atoms with van der Waals surface area (Å²) < 4.78 is 27.3. The molecule has 126 valence electrons. The van der Waals surface area contributed by atoms with Gasteiger partial charge in [-0.25, -0.2) is 8.42 Å². The number of amides is 1. The van der Waals surface area contributed by atoms with Crippen molar-refractivity contribution in [3.05, 3.63) is 22.5 Å². The van der Waals surface area contributed by atoms with Gasteiger partial charge in [-0.15, -0.1) is 21.5 Å². The molecule has 0 bridgehead atoms. The minimum Gasteiger partial charge on any atom is -0.299 e. The van der Waals surface area contributed by atoms with Crippen molar-refractivity contribution < 1.29 is 13.2 Å². The third-order valence-corrected chi connectivity index (χ3v) is 6.81. The zero-order valence-electron chi connectivity index (χ0n) is 12.9. The molecule has 2 heterocycles. The third kappa shape index (κ3) is 4.56. The van der Waals surface area contributed by atoms with Gasteiger partial charge in [-0.05, 0) is 23.8 Å². The number of rotatable bonds is 7. The molecular formula is C13H18N4O3S3. The highest BCUT2D eigenvalue weighted by Crippen LogP contribution is 2.19. The highest BCUT2D eigenvalue weighted by Gasteiger charge is 2.29. The van der Waals surface area contributed by atoms with Gasteiger partial charge < -0.3 is 0 Å². The number of hydrogen-bond donors (Lipinski definition) is 2. The van der Waals surface area contributed by atoms with Crippen molar-refractivity contribution in [3.63, 3.8) is 0 Å². The first kappa shape index (κ1) is 18.0. The Kier molecular flexibility index (Phi) is 5.84. The minimum atomic E-state index is -3.72. The molecule has 2 N–H and O–H groups in total. The van der Waals surface area contributed by atoms with Crippen LogP contribution in [0, 0.1) is 5.92 Å². The Morgan fingerprint density at radius 3 is 2.61 bits per heavy atom. The molecule has 0 aliphatic rings. The maximum atomic E-state index is 12.4. The van der Waals surface area contributed by atoms with Crippen molar-refractivity contribution in [3.8, 4) is 0 Å². The minimum absolute atomic E-state index is 0.181. The van der Waals surface area contributed by atoms with Crippen molar-refractivity contribution >= 4 is 43.7 Å². The molecule has 0 radical (unpaired) electrons. The highest BCUT2D eigenvalue weighted by molar-refractivity contribution is 7.91. The van der Waals surface area contributed by atoms with Gasteiger partial charge in [0.05, 0.1) is 0 Å². The van der Waals surface area contributed by atoms with Crippen LogP contribution in [-0.4, -0.2) is 30.6 Å². The number of carbonyl (C=O) groups excluding carboxylic acids is 1. The fourth-order valence-electron chi connectivity index (χ4n) is 1.76. The van der Waals surface area contributed by atoms with Gasteiger partial charge in [0.25, 0.3) is 10.0 Å². The summed E-state index contributed by atoms with van der Waals surface area (Å²) in [4.78, 5) is 12.4. The average molecular weight is 375 g/mol. The number of nitrogens with one attached hydrogen (secondary N) is 2. The van der Waals surface area contributed by atoms with E-state index >= 15 is 0 Å². The number of anilines is 1. The molecule has 0 saturated heterocycles. The predicted octanol–water partition coefficient (Wildman–Crippen LogP) is 2.10. The first-order valence-corrected chi connectivity index (χ1v) is 10.2. The van der Waals surface area contributed by atoms with Crippen LogP contribution in [-0.2, 0) is 21.2 Å². The van der Waals surface area contributed by atoms with Crippen LogP contribution < -0.4 is 10.0 Å². The molecule has 0 aliphatic heterocycles. The second-order valence-corrected chi connectivity index (χ2v) is 9.07. The fraction of sp³-hybridized carbons (Fsp3) is 0.462. The van der Waals surface area contributed by atoms with Crippen molar-refractivity contribution in [2.45, 2.75) is 37.4 Å². The van der Waals surface area contributed by atoms with Gasteiger partial charge in [0.15, 0.2) is 0 Å². The van der Waals surface area contributed by atoms with E-state index in [4.69, 9.17) is 0 Å². The molecule has 0 saturated carbocycles. The summed E-state index contributed by atoms with van der Waals surface area (Å²) >= 11 is 2.38. The van der Waals surface area contributed by atoms with E-state index in [1.807, 2.05) is 6.92 Å². The molecular weight excluding hydrogens is 356 g/mol. The van der Waals surface area contributed by atoms with Crippen molar-refractivity contribution in [2.75, 3.05) is 5.32 Å². The smallest absolute Gasteiger partial charge is 0.250 e. The second-order valence-electron chi connectivity index (χ2n) is 5.12. The topological polar surface area (TPSA) is 101 Å². The van der Waals surface area contributed by atoms with E-state index in [-0.39, 0.29) is 10.1 Å². The van der Waals surface area contributed by atoms with Gasteiger partial charge in [0.2, 0.25) is 11.0 Å².